The first-order valence-electron chi connectivity index (χ1n) is 7.60. The Morgan fingerprint density at radius 3 is 2.55 bits per heavy atom. The lowest BCUT2D eigenvalue weighted by Gasteiger charge is -2.37. The van der Waals surface area contributed by atoms with Gasteiger partial charge in [-0.15, -0.1) is 0 Å². The number of piperazine rings is 1. The van der Waals surface area contributed by atoms with Crippen molar-refractivity contribution in [3.63, 3.8) is 0 Å². The monoisotopic (exact) mass is 277 g/mol. The fraction of sp³-hybridized carbons (Fsp3) is 0.625. The molecule has 2 rings (SSSR count). The van der Waals surface area contributed by atoms with E-state index in [2.05, 4.69) is 28.9 Å². The van der Waals surface area contributed by atoms with Crippen LogP contribution in [0.1, 0.15) is 19.8 Å². The van der Waals surface area contributed by atoms with Crippen LogP contribution >= 0.6 is 0 Å². The molecule has 0 saturated carbocycles. The zero-order valence-electron chi connectivity index (χ0n) is 12.7. The number of hydrogen-bond donors (Lipinski definition) is 1. The number of ether oxygens (including phenoxy) is 1. The predicted molar refractivity (Wildman–Crippen MR) is 84.5 cm³/mol. The van der Waals surface area contributed by atoms with Crippen LogP contribution in [0.3, 0.4) is 0 Å². The lowest BCUT2D eigenvalue weighted by atomic mass is 10.1. The molecule has 1 saturated heterocycles. The number of hydrogen-bond acceptors (Lipinski definition) is 4. The third-order valence-corrected chi connectivity index (χ3v) is 3.95. The molecule has 0 aromatic heterocycles. The van der Waals surface area contributed by atoms with Crippen LogP contribution in [-0.4, -0.2) is 50.8 Å². The number of benzene rings is 1. The second-order valence-corrected chi connectivity index (χ2v) is 5.51. The van der Waals surface area contributed by atoms with Gasteiger partial charge < -0.3 is 15.4 Å². The highest BCUT2D eigenvalue weighted by Gasteiger charge is 2.20. The van der Waals surface area contributed by atoms with Gasteiger partial charge in [-0.1, -0.05) is 25.5 Å². The van der Waals surface area contributed by atoms with E-state index in [0.717, 1.165) is 44.9 Å². The minimum absolute atomic E-state index is 0.317. The maximum atomic E-state index is 6.13. The fourth-order valence-electron chi connectivity index (χ4n) is 2.86. The Hall–Kier alpha value is -1.26. The Morgan fingerprint density at radius 1 is 1.20 bits per heavy atom. The van der Waals surface area contributed by atoms with E-state index in [1.807, 2.05) is 12.1 Å². The van der Waals surface area contributed by atoms with Gasteiger partial charge in [0.1, 0.15) is 5.75 Å². The molecule has 4 heteroatoms. The van der Waals surface area contributed by atoms with Crippen LogP contribution in [0.2, 0.25) is 0 Å². The lowest BCUT2D eigenvalue weighted by molar-refractivity contribution is 0.238. The van der Waals surface area contributed by atoms with Crippen molar-refractivity contribution < 1.29 is 4.74 Å². The first-order chi connectivity index (χ1) is 9.74. The summed E-state index contributed by atoms with van der Waals surface area (Å²) in [6, 6.07) is 8.57. The van der Waals surface area contributed by atoms with Crippen LogP contribution in [0.5, 0.6) is 5.75 Å². The van der Waals surface area contributed by atoms with Gasteiger partial charge in [-0.05, 0) is 18.6 Å². The molecule has 112 valence electrons. The van der Waals surface area contributed by atoms with Crippen molar-refractivity contribution >= 4 is 5.69 Å². The Kier molecular flexibility index (Phi) is 5.68. The molecule has 1 fully saturated rings. The SMILES string of the molecule is CCCC(N)CN1CCN(c2ccccc2OC)CC1. The highest BCUT2D eigenvalue weighted by molar-refractivity contribution is 5.58. The topological polar surface area (TPSA) is 41.7 Å². The molecule has 0 amide bonds. The summed E-state index contributed by atoms with van der Waals surface area (Å²) in [4.78, 5) is 4.88. The van der Waals surface area contributed by atoms with Gasteiger partial charge in [-0.25, -0.2) is 0 Å². The molecule has 1 aliphatic heterocycles. The molecule has 1 heterocycles. The Morgan fingerprint density at radius 2 is 1.90 bits per heavy atom. The maximum Gasteiger partial charge on any atom is 0.142 e. The number of anilines is 1. The Balaban J connectivity index is 1.88. The summed E-state index contributed by atoms with van der Waals surface area (Å²) in [5.41, 5.74) is 7.33. The molecular formula is C16H27N3O. The van der Waals surface area contributed by atoms with E-state index in [1.54, 1.807) is 7.11 Å². The van der Waals surface area contributed by atoms with Gasteiger partial charge in [0, 0.05) is 38.8 Å². The van der Waals surface area contributed by atoms with Crippen LogP contribution in [0, 0.1) is 0 Å². The van der Waals surface area contributed by atoms with Crippen molar-refractivity contribution in [2.24, 2.45) is 5.73 Å². The van der Waals surface area contributed by atoms with E-state index >= 15 is 0 Å². The van der Waals surface area contributed by atoms with Gasteiger partial charge in [-0.3, -0.25) is 4.90 Å². The minimum atomic E-state index is 0.317. The molecule has 1 atom stereocenters. The van der Waals surface area contributed by atoms with E-state index < -0.39 is 0 Å². The molecule has 1 aromatic carbocycles. The van der Waals surface area contributed by atoms with Crippen molar-refractivity contribution in [2.75, 3.05) is 44.7 Å². The minimum Gasteiger partial charge on any atom is -0.495 e. The summed E-state index contributed by atoms with van der Waals surface area (Å²) >= 11 is 0. The van der Waals surface area contributed by atoms with Crippen LogP contribution < -0.4 is 15.4 Å². The van der Waals surface area contributed by atoms with E-state index in [9.17, 15) is 0 Å². The maximum absolute atomic E-state index is 6.13. The summed E-state index contributed by atoms with van der Waals surface area (Å²) in [7, 11) is 1.73. The second kappa shape index (κ2) is 7.50. The Bertz CT molecular complexity index is 402. The normalized spacial score (nSPS) is 18.1. The largest absolute Gasteiger partial charge is 0.495 e. The third-order valence-electron chi connectivity index (χ3n) is 3.95. The third kappa shape index (κ3) is 3.87. The summed E-state index contributed by atoms with van der Waals surface area (Å²) < 4.78 is 5.45. The number of para-hydroxylation sites is 2. The van der Waals surface area contributed by atoms with Crippen LogP contribution in [-0.2, 0) is 0 Å². The molecule has 0 spiro atoms. The molecule has 4 nitrogen and oxygen atoms in total. The number of nitrogens with zero attached hydrogens (tertiary/aromatic N) is 2. The molecule has 1 aliphatic rings. The van der Waals surface area contributed by atoms with Gasteiger partial charge in [0.25, 0.3) is 0 Å². The molecule has 1 aromatic rings. The molecule has 0 bridgehead atoms. The predicted octanol–water partition coefficient (Wildman–Crippen LogP) is 1.94. The van der Waals surface area contributed by atoms with E-state index in [1.165, 1.54) is 12.1 Å². The van der Waals surface area contributed by atoms with Crippen molar-refractivity contribution in [3.8, 4) is 5.75 Å². The molecule has 20 heavy (non-hydrogen) atoms. The van der Waals surface area contributed by atoms with Crippen molar-refractivity contribution in [1.82, 2.24) is 4.90 Å². The van der Waals surface area contributed by atoms with Crippen molar-refractivity contribution in [1.29, 1.82) is 0 Å². The molecule has 0 aliphatic carbocycles. The zero-order chi connectivity index (χ0) is 14.4. The summed E-state index contributed by atoms with van der Waals surface area (Å²) in [5.74, 6) is 0.962. The Labute approximate surface area is 122 Å². The molecule has 2 N–H and O–H groups in total. The smallest absolute Gasteiger partial charge is 0.142 e. The van der Waals surface area contributed by atoms with Gasteiger partial charge in [0.05, 0.1) is 12.8 Å². The molecule has 0 radical (unpaired) electrons. The van der Waals surface area contributed by atoms with Gasteiger partial charge >= 0.3 is 0 Å². The summed E-state index contributed by atoms with van der Waals surface area (Å²) in [5, 5.41) is 0. The summed E-state index contributed by atoms with van der Waals surface area (Å²) in [6.45, 7) is 7.45. The second-order valence-electron chi connectivity index (χ2n) is 5.51. The van der Waals surface area contributed by atoms with Crippen LogP contribution in [0.15, 0.2) is 24.3 Å². The summed E-state index contributed by atoms with van der Waals surface area (Å²) in [6.07, 6.45) is 2.29. The number of rotatable bonds is 6. The first kappa shape index (κ1) is 15.1. The van der Waals surface area contributed by atoms with Gasteiger partial charge in [0.2, 0.25) is 0 Å². The van der Waals surface area contributed by atoms with Gasteiger partial charge in [0.15, 0.2) is 0 Å². The first-order valence-corrected chi connectivity index (χ1v) is 7.60. The van der Waals surface area contributed by atoms with Crippen molar-refractivity contribution in [2.45, 2.75) is 25.8 Å². The average Bonchev–Trinajstić information content (AvgIpc) is 2.48. The van der Waals surface area contributed by atoms with Crippen LogP contribution in [0.4, 0.5) is 5.69 Å². The fourth-order valence-corrected chi connectivity index (χ4v) is 2.86. The number of methoxy groups -OCH3 is 1. The molecule has 1 unspecified atom stereocenters. The quantitative estimate of drug-likeness (QED) is 0.863. The standard InChI is InChI=1S/C16H27N3O/c1-3-6-14(17)13-18-9-11-19(12-10-18)15-7-4-5-8-16(15)20-2/h4-5,7-8,14H,3,6,9-13,17H2,1-2H3. The highest BCUT2D eigenvalue weighted by Crippen LogP contribution is 2.28. The van der Waals surface area contributed by atoms with Crippen molar-refractivity contribution in [3.05, 3.63) is 24.3 Å². The molecular weight excluding hydrogens is 250 g/mol. The van der Waals surface area contributed by atoms with Crippen LogP contribution in [0.25, 0.3) is 0 Å². The highest BCUT2D eigenvalue weighted by atomic mass is 16.5. The van der Waals surface area contributed by atoms with E-state index in [-0.39, 0.29) is 0 Å². The average molecular weight is 277 g/mol. The number of nitrogens with two attached hydrogens (primary N) is 1. The van der Waals surface area contributed by atoms with E-state index in [4.69, 9.17) is 10.5 Å². The lowest BCUT2D eigenvalue weighted by Crippen LogP contribution is -2.50. The van der Waals surface area contributed by atoms with Gasteiger partial charge in [-0.2, -0.15) is 0 Å². The van der Waals surface area contributed by atoms with E-state index in [0.29, 0.717) is 6.04 Å². The zero-order valence-corrected chi connectivity index (χ0v) is 12.7.